The Kier molecular flexibility index (Phi) is 3.16. The maximum absolute atomic E-state index is 6.15. The first-order valence-corrected chi connectivity index (χ1v) is 6.25. The van der Waals surface area contributed by atoms with E-state index >= 15 is 0 Å². The van der Waals surface area contributed by atoms with Crippen LogP contribution in [0.5, 0.6) is 0 Å². The van der Waals surface area contributed by atoms with Crippen molar-refractivity contribution in [1.82, 2.24) is 15.0 Å². The highest BCUT2D eigenvalue weighted by atomic mass is 35.5. The van der Waals surface area contributed by atoms with Crippen molar-refractivity contribution in [2.75, 3.05) is 6.61 Å². The Balaban J connectivity index is 2.14. The van der Waals surface area contributed by atoms with E-state index in [1.807, 2.05) is 0 Å². The van der Waals surface area contributed by atoms with E-state index in [0.717, 1.165) is 17.7 Å². The molecule has 0 aliphatic carbocycles. The van der Waals surface area contributed by atoms with E-state index in [9.17, 15) is 0 Å². The summed E-state index contributed by atoms with van der Waals surface area (Å²) in [6.45, 7) is 1.11. The molecule has 1 aliphatic rings. The predicted octanol–water partition coefficient (Wildman–Crippen LogP) is 2.92. The maximum Gasteiger partial charge on any atom is 0.181 e. The number of fused-ring (bicyclic) bond motifs is 1. The van der Waals surface area contributed by atoms with Crippen molar-refractivity contribution in [3.05, 3.63) is 39.8 Å². The number of nitrogens with zero attached hydrogens (tertiary/aromatic N) is 3. The molecule has 2 aromatic heterocycles. The van der Waals surface area contributed by atoms with E-state index < -0.39 is 0 Å². The number of hydrogen-bond acceptors (Lipinski definition) is 4. The van der Waals surface area contributed by atoms with E-state index in [-0.39, 0.29) is 0 Å². The molecule has 0 radical (unpaired) electrons. The van der Waals surface area contributed by atoms with Gasteiger partial charge in [-0.05, 0) is 12.1 Å². The summed E-state index contributed by atoms with van der Waals surface area (Å²) in [6.07, 6.45) is 2.38. The Hall–Kier alpha value is -1.23. The molecule has 0 saturated heterocycles. The first kappa shape index (κ1) is 11.8. The van der Waals surface area contributed by atoms with Crippen molar-refractivity contribution in [1.29, 1.82) is 0 Å². The molecule has 3 rings (SSSR count). The second kappa shape index (κ2) is 4.80. The fourth-order valence-electron chi connectivity index (χ4n) is 1.85. The highest BCUT2D eigenvalue weighted by molar-refractivity contribution is 6.33. The van der Waals surface area contributed by atoms with Gasteiger partial charge in [0, 0.05) is 18.2 Å². The van der Waals surface area contributed by atoms with Gasteiger partial charge in [-0.15, -0.1) is 0 Å². The minimum Gasteiger partial charge on any atom is -0.376 e. The Morgan fingerprint density at radius 2 is 2.11 bits per heavy atom. The van der Waals surface area contributed by atoms with Crippen molar-refractivity contribution in [3.63, 3.8) is 0 Å². The molecule has 6 heteroatoms. The summed E-state index contributed by atoms with van der Waals surface area (Å²) in [5.74, 6) is 0.464. The van der Waals surface area contributed by atoms with E-state index in [2.05, 4.69) is 15.0 Å². The van der Waals surface area contributed by atoms with Crippen LogP contribution in [0.3, 0.4) is 0 Å². The zero-order chi connectivity index (χ0) is 12.5. The molecule has 0 bridgehead atoms. The second-order valence-electron chi connectivity index (χ2n) is 3.90. The summed E-state index contributed by atoms with van der Waals surface area (Å²) in [7, 11) is 0. The van der Waals surface area contributed by atoms with Gasteiger partial charge < -0.3 is 4.74 Å². The van der Waals surface area contributed by atoms with Gasteiger partial charge in [-0.1, -0.05) is 23.2 Å². The van der Waals surface area contributed by atoms with Gasteiger partial charge in [0.15, 0.2) is 5.82 Å². The molecule has 0 saturated carbocycles. The van der Waals surface area contributed by atoms with Crippen molar-refractivity contribution >= 4 is 23.2 Å². The van der Waals surface area contributed by atoms with Crippen LogP contribution in [-0.4, -0.2) is 21.6 Å². The van der Waals surface area contributed by atoms with Gasteiger partial charge in [0.1, 0.15) is 10.8 Å². The van der Waals surface area contributed by atoms with Crippen molar-refractivity contribution in [2.24, 2.45) is 0 Å². The Morgan fingerprint density at radius 1 is 1.22 bits per heavy atom. The van der Waals surface area contributed by atoms with Crippen LogP contribution < -0.4 is 0 Å². The average Bonchev–Trinajstić information content (AvgIpc) is 2.39. The number of rotatable bonds is 1. The van der Waals surface area contributed by atoms with Gasteiger partial charge in [-0.3, -0.25) is 4.98 Å². The van der Waals surface area contributed by atoms with Gasteiger partial charge in [0.05, 0.1) is 23.9 Å². The highest BCUT2D eigenvalue weighted by Crippen LogP contribution is 2.28. The summed E-state index contributed by atoms with van der Waals surface area (Å²) < 4.78 is 5.34. The van der Waals surface area contributed by atoms with Crippen LogP contribution in [-0.2, 0) is 17.8 Å². The minimum absolute atomic E-state index is 0.413. The normalized spacial score (nSPS) is 14.3. The highest BCUT2D eigenvalue weighted by Gasteiger charge is 2.19. The lowest BCUT2D eigenvalue weighted by Crippen LogP contribution is -2.14. The lowest BCUT2D eigenvalue weighted by molar-refractivity contribution is 0.109. The SMILES string of the molecule is Clc1cccnc1-c1nc(Cl)c2c(n1)CCOC2. The van der Waals surface area contributed by atoms with E-state index in [1.54, 1.807) is 18.3 Å². The fraction of sp³-hybridized carbons (Fsp3) is 0.250. The zero-order valence-corrected chi connectivity index (χ0v) is 10.9. The van der Waals surface area contributed by atoms with Gasteiger partial charge in [-0.2, -0.15) is 0 Å². The van der Waals surface area contributed by atoms with Crippen LogP contribution in [0.15, 0.2) is 18.3 Å². The van der Waals surface area contributed by atoms with Crippen LogP contribution >= 0.6 is 23.2 Å². The molecule has 0 spiro atoms. The zero-order valence-electron chi connectivity index (χ0n) is 9.36. The summed E-state index contributed by atoms with van der Waals surface area (Å²) >= 11 is 12.2. The van der Waals surface area contributed by atoms with Crippen molar-refractivity contribution in [3.8, 4) is 11.5 Å². The second-order valence-corrected chi connectivity index (χ2v) is 4.66. The molecule has 0 unspecified atom stereocenters. The molecule has 3 heterocycles. The minimum atomic E-state index is 0.413. The third-order valence-corrected chi connectivity index (χ3v) is 3.36. The van der Waals surface area contributed by atoms with Gasteiger partial charge in [0.25, 0.3) is 0 Å². The summed E-state index contributed by atoms with van der Waals surface area (Å²) in [4.78, 5) is 12.9. The van der Waals surface area contributed by atoms with Crippen LogP contribution in [0.4, 0.5) is 0 Å². The lowest BCUT2D eigenvalue weighted by atomic mass is 10.1. The number of ether oxygens (including phenoxy) is 1. The third-order valence-electron chi connectivity index (χ3n) is 2.74. The molecule has 0 amide bonds. The van der Waals surface area contributed by atoms with Crippen LogP contribution in [0, 0.1) is 0 Å². The Morgan fingerprint density at radius 3 is 2.94 bits per heavy atom. The topological polar surface area (TPSA) is 47.9 Å². The molecule has 1 aliphatic heterocycles. The van der Waals surface area contributed by atoms with Gasteiger partial charge in [-0.25, -0.2) is 9.97 Å². The monoisotopic (exact) mass is 281 g/mol. The number of pyridine rings is 1. The average molecular weight is 282 g/mol. The first-order chi connectivity index (χ1) is 8.75. The Bertz CT molecular complexity index is 604. The molecule has 0 N–H and O–H groups in total. The van der Waals surface area contributed by atoms with E-state index in [4.69, 9.17) is 27.9 Å². The number of hydrogen-bond donors (Lipinski definition) is 0. The standard InChI is InChI=1S/C12H9Cl2N3O/c13-8-2-1-4-15-10(8)12-16-9-3-5-18-6-7(9)11(14)17-12/h1-2,4H,3,5-6H2. The molecule has 0 fully saturated rings. The molecule has 4 nitrogen and oxygen atoms in total. The van der Waals surface area contributed by atoms with Crippen molar-refractivity contribution < 1.29 is 4.74 Å². The van der Waals surface area contributed by atoms with Crippen LogP contribution in [0.25, 0.3) is 11.5 Å². The predicted molar refractivity (Wildman–Crippen MR) is 68.6 cm³/mol. The lowest BCUT2D eigenvalue weighted by Gasteiger charge is -2.17. The molecule has 92 valence electrons. The van der Waals surface area contributed by atoms with E-state index in [0.29, 0.717) is 34.9 Å². The molecule has 0 atom stereocenters. The van der Waals surface area contributed by atoms with Crippen LogP contribution in [0.2, 0.25) is 10.2 Å². The third kappa shape index (κ3) is 2.07. The quantitative estimate of drug-likeness (QED) is 0.754. The molecule has 0 aromatic carbocycles. The summed E-state index contributed by atoms with van der Waals surface area (Å²) in [5.41, 5.74) is 2.33. The molecular weight excluding hydrogens is 273 g/mol. The molecule has 2 aromatic rings. The first-order valence-electron chi connectivity index (χ1n) is 5.49. The van der Waals surface area contributed by atoms with Crippen LogP contribution in [0.1, 0.15) is 11.3 Å². The molecule has 18 heavy (non-hydrogen) atoms. The largest absolute Gasteiger partial charge is 0.376 e. The number of aromatic nitrogens is 3. The fourth-order valence-corrected chi connectivity index (χ4v) is 2.30. The van der Waals surface area contributed by atoms with Gasteiger partial charge >= 0.3 is 0 Å². The maximum atomic E-state index is 6.15. The van der Waals surface area contributed by atoms with Gasteiger partial charge in [0.2, 0.25) is 0 Å². The van der Waals surface area contributed by atoms with Crippen molar-refractivity contribution in [2.45, 2.75) is 13.0 Å². The smallest absolute Gasteiger partial charge is 0.181 e. The molecular formula is C12H9Cl2N3O. The summed E-state index contributed by atoms with van der Waals surface area (Å²) in [5, 5.41) is 0.928. The number of halogens is 2. The summed E-state index contributed by atoms with van der Waals surface area (Å²) in [6, 6.07) is 3.52. The Labute approximate surface area is 114 Å². The van der Waals surface area contributed by atoms with E-state index in [1.165, 1.54) is 0 Å².